The molecule has 5 heteroatoms. The number of ether oxygens (including phenoxy) is 1. The Morgan fingerprint density at radius 1 is 1.35 bits per heavy atom. The van der Waals surface area contributed by atoms with Gasteiger partial charge in [0.2, 0.25) is 5.88 Å². The predicted octanol–water partition coefficient (Wildman–Crippen LogP) is 3.10. The van der Waals surface area contributed by atoms with Crippen molar-refractivity contribution in [2.45, 2.75) is 13.5 Å². The SMILES string of the molecule is CCOc1cc(CNc2ccc(F)cc2C#N)ccn1. The third-order valence-corrected chi connectivity index (χ3v) is 2.68. The molecule has 0 atom stereocenters. The van der Waals surface area contributed by atoms with Gasteiger partial charge in [-0.1, -0.05) is 0 Å². The highest BCUT2D eigenvalue weighted by atomic mass is 19.1. The van der Waals surface area contributed by atoms with E-state index in [2.05, 4.69) is 10.3 Å². The molecule has 20 heavy (non-hydrogen) atoms. The number of rotatable bonds is 5. The van der Waals surface area contributed by atoms with Crippen LogP contribution in [0.15, 0.2) is 36.5 Å². The van der Waals surface area contributed by atoms with Crippen LogP contribution in [0.4, 0.5) is 10.1 Å². The summed E-state index contributed by atoms with van der Waals surface area (Å²) in [5.74, 6) is 0.140. The molecule has 0 amide bonds. The standard InChI is InChI=1S/C15H14FN3O/c1-2-20-15-7-11(5-6-18-15)10-19-14-4-3-13(16)8-12(14)9-17/h3-8,19H,2,10H2,1H3. The summed E-state index contributed by atoms with van der Waals surface area (Å²) in [5, 5.41) is 12.1. The molecule has 2 rings (SSSR count). The van der Waals surface area contributed by atoms with Gasteiger partial charge in [-0.25, -0.2) is 9.37 Å². The molecule has 0 bridgehead atoms. The van der Waals surface area contributed by atoms with Crippen molar-refractivity contribution in [2.75, 3.05) is 11.9 Å². The van der Waals surface area contributed by atoms with Crippen molar-refractivity contribution in [3.8, 4) is 11.9 Å². The van der Waals surface area contributed by atoms with Crippen molar-refractivity contribution >= 4 is 5.69 Å². The van der Waals surface area contributed by atoms with E-state index in [0.29, 0.717) is 24.7 Å². The van der Waals surface area contributed by atoms with Gasteiger partial charge in [0.25, 0.3) is 0 Å². The molecule has 0 aliphatic carbocycles. The molecule has 1 aromatic heterocycles. The highest BCUT2D eigenvalue weighted by molar-refractivity contribution is 5.57. The number of nitrogens with zero attached hydrogens (tertiary/aromatic N) is 2. The van der Waals surface area contributed by atoms with Gasteiger partial charge in [-0.3, -0.25) is 0 Å². The summed E-state index contributed by atoms with van der Waals surface area (Å²) in [6.07, 6.45) is 1.66. The van der Waals surface area contributed by atoms with Gasteiger partial charge in [-0.15, -0.1) is 0 Å². The van der Waals surface area contributed by atoms with Crippen LogP contribution < -0.4 is 10.1 Å². The summed E-state index contributed by atoms with van der Waals surface area (Å²) in [6, 6.07) is 9.73. The average molecular weight is 271 g/mol. The number of pyridine rings is 1. The van der Waals surface area contributed by atoms with Gasteiger partial charge in [0.1, 0.15) is 11.9 Å². The van der Waals surface area contributed by atoms with Gasteiger partial charge in [0.15, 0.2) is 0 Å². The van der Waals surface area contributed by atoms with Gasteiger partial charge >= 0.3 is 0 Å². The van der Waals surface area contributed by atoms with Gasteiger partial charge in [-0.2, -0.15) is 5.26 Å². The summed E-state index contributed by atoms with van der Waals surface area (Å²) in [7, 11) is 0. The minimum absolute atomic E-state index is 0.282. The smallest absolute Gasteiger partial charge is 0.213 e. The zero-order valence-corrected chi connectivity index (χ0v) is 11.1. The zero-order valence-electron chi connectivity index (χ0n) is 11.1. The van der Waals surface area contributed by atoms with Gasteiger partial charge in [0.05, 0.1) is 17.9 Å². The molecule has 0 saturated heterocycles. The molecule has 0 aliphatic heterocycles. The molecule has 0 unspecified atom stereocenters. The lowest BCUT2D eigenvalue weighted by Crippen LogP contribution is -2.03. The quantitative estimate of drug-likeness (QED) is 0.907. The third kappa shape index (κ3) is 3.45. The lowest BCUT2D eigenvalue weighted by Gasteiger charge is -2.09. The Balaban J connectivity index is 2.09. The topological polar surface area (TPSA) is 57.9 Å². The molecule has 0 spiro atoms. The second kappa shape index (κ2) is 6.53. The molecule has 1 heterocycles. The highest BCUT2D eigenvalue weighted by Gasteiger charge is 2.04. The van der Waals surface area contributed by atoms with Crippen LogP contribution in [0.3, 0.4) is 0 Å². The first-order valence-corrected chi connectivity index (χ1v) is 6.24. The van der Waals surface area contributed by atoms with E-state index in [1.54, 1.807) is 12.3 Å². The number of nitrogens with one attached hydrogen (secondary N) is 1. The van der Waals surface area contributed by atoms with E-state index in [1.807, 2.05) is 25.1 Å². The summed E-state index contributed by atoms with van der Waals surface area (Å²) in [6.45, 7) is 2.95. The maximum Gasteiger partial charge on any atom is 0.213 e. The van der Waals surface area contributed by atoms with E-state index in [0.717, 1.165) is 5.56 Å². The van der Waals surface area contributed by atoms with Crippen molar-refractivity contribution in [1.82, 2.24) is 4.98 Å². The minimum Gasteiger partial charge on any atom is -0.478 e. The molecule has 2 aromatic rings. The van der Waals surface area contributed by atoms with Crippen molar-refractivity contribution in [3.05, 3.63) is 53.5 Å². The number of benzene rings is 1. The largest absolute Gasteiger partial charge is 0.478 e. The fourth-order valence-corrected chi connectivity index (χ4v) is 1.75. The van der Waals surface area contributed by atoms with Crippen molar-refractivity contribution in [1.29, 1.82) is 5.26 Å². The van der Waals surface area contributed by atoms with E-state index in [4.69, 9.17) is 10.00 Å². The second-order valence-corrected chi connectivity index (χ2v) is 4.09. The summed E-state index contributed by atoms with van der Waals surface area (Å²) in [4.78, 5) is 4.08. The summed E-state index contributed by atoms with van der Waals surface area (Å²) >= 11 is 0. The Bertz CT molecular complexity index is 637. The lowest BCUT2D eigenvalue weighted by molar-refractivity contribution is 0.326. The Kier molecular flexibility index (Phi) is 4.51. The molecule has 0 saturated carbocycles. The second-order valence-electron chi connectivity index (χ2n) is 4.09. The van der Waals surface area contributed by atoms with Crippen LogP contribution in [0.25, 0.3) is 0 Å². The monoisotopic (exact) mass is 271 g/mol. The Morgan fingerprint density at radius 2 is 2.20 bits per heavy atom. The van der Waals surface area contributed by atoms with Crippen LogP contribution >= 0.6 is 0 Å². The average Bonchev–Trinajstić information content (AvgIpc) is 2.46. The molecule has 1 aromatic carbocycles. The summed E-state index contributed by atoms with van der Waals surface area (Å²) < 4.78 is 18.3. The molecule has 0 aliphatic rings. The Hall–Kier alpha value is -2.61. The fraction of sp³-hybridized carbons (Fsp3) is 0.200. The predicted molar refractivity (Wildman–Crippen MR) is 73.8 cm³/mol. The number of halogens is 1. The number of nitriles is 1. The zero-order chi connectivity index (χ0) is 14.4. The molecular formula is C15H14FN3O. The number of aromatic nitrogens is 1. The Morgan fingerprint density at radius 3 is 2.95 bits per heavy atom. The summed E-state index contributed by atoms with van der Waals surface area (Å²) in [5.41, 5.74) is 1.85. The van der Waals surface area contributed by atoms with Gasteiger partial charge in [0, 0.05) is 18.8 Å². The van der Waals surface area contributed by atoms with E-state index in [9.17, 15) is 4.39 Å². The first-order chi connectivity index (χ1) is 9.72. The highest BCUT2D eigenvalue weighted by Crippen LogP contribution is 2.18. The molecule has 0 fully saturated rings. The first-order valence-electron chi connectivity index (χ1n) is 6.24. The molecule has 0 radical (unpaired) electrons. The van der Waals surface area contributed by atoms with Crippen LogP contribution in [0, 0.1) is 17.1 Å². The van der Waals surface area contributed by atoms with E-state index < -0.39 is 5.82 Å². The van der Waals surface area contributed by atoms with Gasteiger partial charge < -0.3 is 10.1 Å². The van der Waals surface area contributed by atoms with Crippen LogP contribution in [-0.4, -0.2) is 11.6 Å². The normalized spacial score (nSPS) is 9.85. The van der Waals surface area contributed by atoms with Crippen LogP contribution in [-0.2, 0) is 6.54 Å². The molecule has 4 nitrogen and oxygen atoms in total. The van der Waals surface area contributed by atoms with Crippen LogP contribution in [0.5, 0.6) is 5.88 Å². The number of hydrogen-bond acceptors (Lipinski definition) is 4. The number of anilines is 1. The molecular weight excluding hydrogens is 257 g/mol. The fourth-order valence-electron chi connectivity index (χ4n) is 1.75. The van der Waals surface area contributed by atoms with Gasteiger partial charge in [-0.05, 0) is 36.8 Å². The van der Waals surface area contributed by atoms with Crippen molar-refractivity contribution in [3.63, 3.8) is 0 Å². The molecule has 102 valence electrons. The minimum atomic E-state index is -0.422. The number of hydrogen-bond donors (Lipinski definition) is 1. The first kappa shape index (κ1) is 13.8. The molecule has 1 N–H and O–H groups in total. The third-order valence-electron chi connectivity index (χ3n) is 2.68. The van der Waals surface area contributed by atoms with Crippen LogP contribution in [0.2, 0.25) is 0 Å². The maximum absolute atomic E-state index is 13.0. The van der Waals surface area contributed by atoms with Crippen molar-refractivity contribution in [2.24, 2.45) is 0 Å². The van der Waals surface area contributed by atoms with E-state index >= 15 is 0 Å². The maximum atomic E-state index is 13.0. The Labute approximate surface area is 116 Å². The van der Waals surface area contributed by atoms with E-state index in [-0.39, 0.29) is 5.56 Å². The van der Waals surface area contributed by atoms with Crippen molar-refractivity contribution < 1.29 is 9.13 Å². The lowest BCUT2D eigenvalue weighted by atomic mass is 10.2. The van der Waals surface area contributed by atoms with Crippen LogP contribution in [0.1, 0.15) is 18.1 Å². The van der Waals surface area contributed by atoms with E-state index in [1.165, 1.54) is 12.1 Å².